The van der Waals surface area contributed by atoms with Crippen LogP contribution < -0.4 is 5.32 Å². The van der Waals surface area contributed by atoms with Gasteiger partial charge in [-0.1, -0.05) is 16.6 Å². The SMILES string of the molecule is CCNc1nnc(-c2c(Br)nnn2C)s1. The molecule has 2 aromatic rings. The van der Waals surface area contributed by atoms with Crippen LogP contribution in [-0.4, -0.2) is 31.7 Å². The third-order valence-corrected chi connectivity index (χ3v) is 3.16. The molecule has 0 spiro atoms. The molecule has 0 bridgehead atoms. The smallest absolute Gasteiger partial charge is 0.206 e. The van der Waals surface area contributed by atoms with Crippen molar-refractivity contribution in [1.82, 2.24) is 25.2 Å². The molecule has 0 saturated carbocycles. The number of nitrogens with one attached hydrogen (secondary N) is 1. The molecule has 80 valence electrons. The Bertz CT molecular complexity index is 444. The highest BCUT2D eigenvalue weighted by molar-refractivity contribution is 9.10. The average molecular weight is 289 g/mol. The summed E-state index contributed by atoms with van der Waals surface area (Å²) in [4.78, 5) is 0. The quantitative estimate of drug-likeness (QED) is 0.928. The van der Waals surface area contributed by atoms with E-state index in [1.165, 1.54) is 11.3 Å². The van der Waals surface area contributed by atoms with Gasteiger partial charge in [-0.3, -0.25) is 0 Å². The van der Waals surface area contributed by atoms with Crippen LogP contribution in [0.2, 0.25) is 0 Å². The molecule has 0 fully saturated rings. The first-order valence-electron chi connectivity index (χ1n) is 4.35. The van der Waals surface area contributed by atoms with Crippen LogP contribution in [0.15, 0.2) is 4.60 Å². The minimum Gasteiger partial charge on any atom is -0.360 e. The van der Waals surface area contributed by atoms with E-state index in [0.29, 0.717) is 4.60 Å². The molecule has 2 rings (SSSR count). The van der Waals surface area contributed by atoms with E-state index in [9.17, 15) is 0 Å². The molecule has 8 heteroatoms. The van der Waals surface area contributed by atoms with Crippen molar-refractivity contribution in [3.8, 4) is 10.7 Å². The number of hydrogen-bond acceptors (Lipinski definition) is 6. The predicted molar refractivity (Wildman–Crippen MR) is 61.8 cm³/mol. The maximum Gasteiger partial charge on any atom is 0.206 e. The molecule has 0 saturated heterocycles. The molecule has 0 aliphatic heterocycles. The van der Waals surface area contributed by atoms with Crippen molar-refractivity contribution >= 4 is 32.4 Å². The molecule has 0 aliphatic carbocycles. The maximum absolute atomic E-state index is 4.07. The maximum atomic E-state index is 4.07. The summed E-state index contributed by atoms with van der Waals surface area (Å²) in [7, 11) is 1.82. The second-order valence-electron chi connectivity index (χ2n) is 2.80. The number of anilines is 1. The summed E-state index contributed by atoms with van der Waals surface area (Å²) in [5, 5.41) is 20.6. The lowest BCUT2D eigenvalue weighted by Crippen LogP contribution is -1.94. The lowest BCUT2D eigenvalue weighted by Gasteiger charge is -1.94. The van der Waals surface area contributed by atoms with E-state index < -0.39 is 0 Å². The van der Waals surface area contributed by atoms with Gasteiger partial charge in [0.2, 0.25) is 5.13 Å². The van der Waals surface area contributed by atoms with Gasteiger partial charge in [0.1, 0.15) is 5.69 Å². The van der Waals surface area contributed by atoms with E-state index in [1.54, 1.807) is 4.68 Å². The van der Waals surface area contributed by atoms with Gasteiger partial charge in [0.05, 0.1) is 0 Å². The van der Waals surface area contributed by atoms with Gasteiger partial charge in [0.15, 0.2) is 9.61 Å². The van der Waals surface area contributed by atoms with E-state index in [2.05, 4.69) is 41.8 Å². The molecule has 6 nitrogen and oxygen atoms in total. The summed E-state index contributed by atoms with van der Waals surface area (Å²) >= 11 is 4.81. The lowest BCUT2D eigenvalue weighted by molar-refractivity contribution is 0.719. The Balaban J connectivity index is 2.37. The van der Waals surface area contributed by atoms with Crippen LogP contribution in [0, 0.1) is 0 Å². The van der Waals surface area contributed by atoms with Crippen LogP contribution in [0.4, 0.5) is 5.13 Å². The van der Waals surface area contributed by atoms with Crippen molar-refractivity contribution in [2.45, 2.75) is 6.92 Å². The van der Waals surface area contributed by atoms with Crippen LogP contribution in [0.3, 0.4) is 0 Å². The van der Waals surface area contributed by atoms with Gasteiger partial charge in [-0.15, -0.1) is 15.3 Å². The van der Waals surface area contributed by atoms with Crippen molar-refractivity contribution in [3.63, 3.8) is 0 Å². The molecule has 0 aromatic carbocycles. The van der Waals surface area contributed by atoms with E-state index in [4.69, 9.17) is 0 Å². The molecule has 2 heterocycles. The van der Waals surface area contributed by atoms with Crippen molar-refractivity contribution in [1.29, 1.82) is 0 Å². The summed E-state index contributed by atoms with van der Waals surface area (Å²) in [5.74, 6) is 0. The predicted octanol–water partition coefficient (Wildman–Crippen LogP) is 1.53. The summed E-state index contributed by atoms with van der Waals surface area (Å²) < 4.78 is 2.35. The zero-order valence-electron chi connectivity index (χ0n) is 8.23. The average Bonchev–Trinajstić information content (AvgIpc) is 2.75. The molecule has 15 heavy (non-hydrogen) atoms. The standard InChI is InChI=1S/C7H9BrN6S/c1-3-9-7-12-11-6(15-7)4-5(8)10-13-14(4)2/h3H2,1-2H3,(H,9,12). The Hall–Kier alpha value is -1.02. The molecule has 0 aliphatic rings. The highest BCUT2D eigenvalue weighted by Gasteiger charge is 2.15. The molecule has 0 atom stereocenters. The number of rotatable bonds is 3. The fourth-order valence-electron chi connectivity index (χ4n) is 1.10. The fraction of sp³-hybridized carbons (Fsp3) is 0.429. The summed E-state index contributed by atoms with van der Waals surface area (Å²) in [6.07, 6.45) is 0. The van der Waals surface area contributed by atoms with Gasteiger partial charge in [0.25, 0.3) is 0 Å². The van der Waals surface area contributed by atoms with Crippen LogP contribution in [0.1, 0.15) is 6.92 Å². The fourth-order valence-corrected chi connectivity index (χ4v) is 2.64. The second kappa shape index (κ2) is 4.23. The van der Waals surface area contributed by atoms with Gasteiger partial charge in [-0.25, -0.2) is 4.68 Å². The summed E-state index contributed by atoms with van der Waals surface area (Å²) in [5.41, 5.74) is 0.844. The van der Waals surface area contributed by atoms with Crippen molar-refractivity contribution in [2.75, 3.05) is 11.9 Å². The Morgan fingerprint density at radius 1 is 1.40 bits per heavy atom. The lowest BCUT2D eigenvalue weighted by atomic mass is 10.5. The first-order chi connectivity index (χ1) is 7.22. The van der Waals surface area contributed by atoms with Crippen molar-refractivity contribution in [3.05, 3.63) is 4.60 Å². The van der Waals surface area contributed by atoms with Gasteiger partial charge >= 0.3 is 0 Å². The van der Waals surface area contributed by atoms with Crippen LogP contribution in [-0.2, 0) is 7.05 Å². The minimum absolute atomic E-state index is 0.684. The third-order valence-electron chi connectivity index (χ3n) is 1.74. The van der Waals surface area contributed by atoms with Gasteiger partial charge in [-0.2, -0.15) is 0 Å². The van der Waals surface area contributed by atoms with Crippen LogP contribution >= 0.6 is 27.3 Å². The number of halogens is 1. The molecule has 1 N–H and O–H groups in total. The first kappa shape index (κ1) is 10.5. The monoisotopic (exact) mass is 288 g/mol. The third kappa shape index (κ3) is 2.00. The highest BCUT2D eigenvalue weighted by Crippen LogP contribution is 2.29. The van der Waals surface area contributed by atoms with E-state index in [1.807, 2.05) is 14.0 Å². The molecular weight excluding hydrogens is 280 g/mol. The zero-order valence-corrected chi connectivity index (χ0v) is 10.6. The number of nitrogens with zero attached hydrogens (tertiary/aromatic N) is 5. The Labute approximate surface area is 98.8 Å². The van der Waals surface area contributed by atoms with E-state index >= 15 is 0 Å². The molecule has 0 unspecified atom stereocenters. The van der Waals surface area contributed by atoms with Crippen LogP contribution in [0.25, 0.3) is 10.7 Å². The minimum atomic E-state index is 0.684. The summed E-state index contributed by atoms with van der Waals surface area (Å²) in [6, 6.07) is 0. The van der Waals surface area contributed by atoms with Gasteiger partial charge in [-0.05, 0) is 22.9 Å². The van der Waals surface area contributed by atoms with Gasteiger partial charge < -0.3 is 5.32 Å². The van der Waals surface area contributed by atoms with Crippen molar-refractivity contribution in [2.24, 2.45) is 7.05 Å². The number of aryl methyl sites for hydroxylation is 1. The van der Waals surface area contributed by atoms with Crippen molar-refractivity contribution < 1.29 is 0 Å². The Kier molecular flexibility index (Phi) is 2.96. The molecule has 0 amide bonds. The first-order valence-corrected chi connectivity index (χ1v) is 5.96. The molecule has 2 aromatic heterocycles. The zero-order chi connectivity index (χ0) is 10.8. The van der Waals surface area contributed by atoms with E-state index in [0.717, 1.165) is 22.4 Å². The highest BCUT2D eigenvalue weighted by atomic mass is 79.9. The van der Waals surface area contributed by atoms with E-state index in [-0.39, 0.29) is 0 Å². The molecule has 0 radical (unpaired) electrons. The molecular formula is C7H9BrN6S. The largest absolute Gasteiger partial charge is 0.360 e. The second-order valence-corrected chi connectivity index (χ2v) is 4.52. The number of hydrogen-bond donors (Lipinski definition) is 1. The van der Waals surface area contributed by atoms with Gasteiger partial charge in [0, 0.05) is 13.6 Å². The number of aromatic nitrogens is 5. The normalized spacial score (nSPS) is 10.6. The summed E-state index contributed by atoms with van der Waals surface area (Å²) in [6.45, 7) is 2.85. The van der Waals surface area contributed by atoms with Crippen LogP contribution in [0.5, 0.6) is 0 Å². The Morgan fingerprint density at radius 3 is 2.80 bits per heavy atom. The Morgan fingerprint density at radius 2 is 2.20 bits per heavy atom. The topological polar surface area (TPSA) is 68.5 Å².